The number of aromatic nitrogens is 1. The van der Waals surface area contributed by atoms with Crippen molar-refractivity contribution in [2.45, 2.75) is 44.2 Å². The predicted molar refractivity (Wildman–Crippen MR) is 81.1 cm³/mol. The lowest BCUT2D eigenvalue weighted by atomic mass is 10.00. The highest BCUT2D eigenvalue weighted by Gasteiger charge is 2.30. The minimum Gasteiger partial charge on any atom is -0.374 e. The smallest absolute Gasteiger partial charge is 0.128 e. The van der Waals surface area contributed by atoms with Gasteiger partial charge in [-0.05, 0) is 44.7 Å². The molecule has 3 rings (SSSR count). The number of rotatable bonds is 4. The van der Waals surface area contributed by atoms with Crippen LogP contribution in [0.2, 0.25) is 0 Å². The molecule has 4 nitrogen and oxygen atoms in total. The number of ether oxygens (including phenoxy) is 1. The number of pyridine rings is 1. The van der Waals surface area contributed by atoms with E-state index in [4.69, 9.17) is 4.74 Å². The Morgan fingerprint density at radius 2 is 2.25 bits per heavy atom. The monoisotopic (exact) mass is 275 g/mol. The van der Waals surface area contributed by atoms with Crippen molar-refractivity contribution < 1.29 is 4.74 Å². The molecule has 2 aliphatic heterocycles. The molecule has 1 atom stereocenters. The van der Waals surface area contributed by atoms with Crippen LogP contribution in [-0.4, -0.2) is 42.9 Å². The maximum Gasteiger partial charge on any atom is 0.128 e. The summed E-state index contributed by atoms with van der Waals surface area (Å²) in [6.07, 6.45) is 6.64. The summed E-state index contributed by atoms with van der Waals surface area (Å²) in [7, 11) is 0. The predicted octanol–water partition coefficient (Wildman–Crippen LogP) is 2.21. The van der Waals surface area contributed by atoms with Crippen LogP contribution in [0.5, 0.6) is 0 Å². The zero-order valence-corrected chi connectivity index (χ0v) is 12.3. The van der Waals surface area contributed by atoms with Gasteiger partial charge in [-0.25, -0.2) is 4.98 Å². The van der Waals surface area contributed by atoms with Crippen LogP contribution in [0.25, 0.3) is 0 Å². The van der Waals surface area contributed by atoms with Crippen LogP contribution >= 0.6 is 0 Å². The molecule has 2 fully saturated rings. The number of nitrogens with one attached hydrogen (secondary N) is 1. The van der Waals surface area contributed by atoms with Crippen molar-refractivity contribution in [1.82, 2.24) is 10.3 Å². The largest absolute Gasteiger partial charge is 0.374 e. The molecule has 110 valence electrons. The second-order valence-electron chi connectivity index (χ2n) is 6.23. The third kappa shape index (κ3) is 3.30. The number of anilines is 1. The Kier molecular flexibility index (Phi) is 4.22. The standard InChI is InChI=1S/C16H25N3O/c1-16(8-4-12-20-16)13-18-14-6-10-19(11-7-14)15-5-2-3-9-17-15/h2-3,5,9,14,18H,4,6-8,10-13H2,1H3. The van der Waals surface area contributed by atoms with Gasteiger partial charge in [0.1, 0.15) is 5.82 Å². The number of hydrogen-bond acceptors (Lipinski definition) is 4. The van der Waals surface area contributed by atoms with Crippen molar-refractivity contribution in [3.8, 4) is 0 Å². The van der Waals surface area contributed by atoms with E-state index in [9.17, 15) is 0 Å². The lowest BCUT2D eigenvalue weighted by Gasteiger charge is -2.35. The SMILES string of the molecule is CC1(CNC2CCN(c3ccccn3)CC2)CCCO1. The zero-order chi connectivity index (χ0) is 13.8. The minimum absolute atomic E-state index is 0.0676. The first-order chi connectivity index (χ1) is 9.75. The van der Waals surface area contributed by atoms with Crippen LogP contribution < -0.4 is 10.2 Å². The Bertz CT molecular complexity index is 409. The maximum atomic E-state index is 5.84. The lowest BCUT2D eigenvalue weighted by molar-refractivity contribution is 0.0181. The number of nitrogens with zero attached hydrogens (tertiary/aromatic N) is 2. The van der Waals surface area contributed by atoms with Gasteiger partial charge in [-0.1, -0.05) is 6.07 Å². The molecular weight excluding hydrogens is 250 g/mol. The van der Waals surface area contributed by atoms with E-state index < -0.39 is 0 Å². The van der Waals surface area contributed by atoms with Crippen molar-refractivity contribution >= 4 is 5.82 Å². The van der Waals surface area contributed by atoms with Crippen LogP contribution in [0.1, 0.15) is 32.6 Å². The molecule has 4 heteroatoms. The van der Waals surface area contributed by atoms with Gasteiger partial charge in [0, 0.05) is 38.5 Å². The first-order valence-electron chi connectivity index (χ1n) is 7.79. The molecule has 2 saturated heterocycles. The minimum atomic E-state index is 0.0676. The summed E-state index contributed by atoms with van der Waals surface area (Å²) in [6, 6.07) is 6.75. The molecule has 1 unspecified atom stereocenters. The van der Waals surface area contributed by atoms with Crippen LogP contribution in [0.15, 0.2) is 24.4 Å². The van der Waals surface area contributed by atoms with Crippen LogP contribution in [0.4, 0.5) is 5.82 Å². The molecule has 0 bridgehead atoms. The van der Waals surface area contributed by atoms with Crippen molar-refractivity contribution in [3.05, 3.63) is 24.4 Å². The molecule has 1 aromatic rings. The molecule has 0 aliphatic carbocycles. The highest BCUT2D eigenvalue weighted by atomic mass is 16.5. The highest BCUT2D eigenvalue weighted by Crippen LogP contribution is 2.25. The van der Waals surface area contributed by atoms with E-state index in [0.29, 0.717) is 6.04 Å². The lowest BCUT2D eigenvalue weighted by Crippen LogP contribution is -2.47. The van der Waals surface area contributed by atoms with E-state index in [1.807, 2.05) is 12.3 Å². The van der Waals surface area contributed by atoms with Gasteiger partial charge in [0.15, 0.2) is 0 Å². The van der Waals surface area contributed by atoms with Crippen LogP contribution in [0, 0.1) is 0 Å². The van der Waals surface area contributed by atoms with Gasteiger partial charge in [-0.3, -0.25) is 0 Å². The van der Waals surface area contributed by atoms with Crippen molar-refractivity contribution in [1.29, 1.82) is 0 Å². The molecule has 1 aromatic heterocycles. The molecule has 20 heavy (non-hydrogen) atoms. The molecule has 0 amide bonds. The number of piperidine rings is 1. The second kappa shape index (κ2) is 6.10. The molecule has 0 spiro atoms. The van der Waals surface area contributed by atoms with Crippen molar-refractivity contribution in [2.24, 2.45) is 0 Å². The van der Waals surface area contributed by atoms with Crippen molar-refractivity contribution in [2.75, 3.05) is 31.1 Å². The zero-order valence-electron chi connectivity index (χ0n) is 12.3. The molecule has 2 aliphatic rings. The van der Waals surface area contributed by atoms with E-state index in [1.54, 1.807) is 0 Å². The van der Waals surface area contributed by atoms with Crippen molar-refractivity contribution in [3.63, 3.8) is 0 Å². The fourth-order valence-corrected chi connectivity index (χ4v) is 3.19. The third-order valence-corrected chi connectivity index (χ3v) is 4.53. The average Bonchev–Trinajstić information content (AvgIpc) is 2.94. The molecule has 0 saturated carbocycles. The van der Waals surface area contributed by atoms with E-state index in [0.717, 1.165) is 32.1 Å². The Balaban J connectivity index is 1.44. The average molecular weight is 275 g/mol. The summed E-state index contributed by atoms with van der Waals surface area (Å²) >= 11 is 0. The summed E-state index contributed by atoms with van der Waals surface area (Å²) in [5.41, 5.74) is 0.0676. The van der Waals surface area contributed by atoms with E-state index in [-0.39, 0.29) is 5.60 Å². The summed E-state index contributed by atoms with van der Waals surface area (Å²) in [6.45, 7) is 6.33. The Morgan fingerprint density at radius 1 is 1.40 bits per heavy atom. The van der Waals surface area contributed by atoms with Gasteiger partial charge in [0.2, 0.25) is 0 Å². The van der Waals surface area contributed by atoms with Gasteiger partial charge in [0.05, 0.1) is 5.60 Å². The fourth-order valence-electron chi connectivity index (χ4n) is 3.19. The molecule has 3 heterocycles. The topological polar surface area (TPSA) is 37.4 Å². The van der Waals surface area contributed by atoms with Crippen LogP contribution in [0.3, 0.4) is 0 Å². The first kappa shape index (κ1) is 13.8. The maximum absolute atomic E-state index is 5.84. The summed E-state index contributed by atoms with van der Waals surface area (Å²) < 4.78 is 5.84. The van der Waals surface area contributed by atoms with Gasteiger partial charge in [-0.2, -0.15) is 0 Å². The van der Waals surface area contributed by atoms with E-state index >= 15 is 0 Å². The summed E-state index contributed by atoms with van der Waals surface area (Å²) in [4.78, 5) is 6.81. The summed E-state index contributed by atoms with van der Waals surface area (Å²) in [5, 5.41) is 3.70. The van der Waals surface area contributed by atoms with E-state index in [1.165, 1.54) is 25.7 Å². The van der Waals surface area contributed by atoms with Gasteiger partial charge < -0.3 is 15.0 Å². The van der Waals surface area contributed by atoms with Gasteiger partial charge in [0.25, 0.3) is 0 Å². The second-order valence-corrected chi connectivity index (χ2v) is 6.23. The normalized spacial score (nSPS) is 27.9. The number of hydrogen-bond donors (Lipinski definition) is 1. The fraction of sp³-hybridized carbons (Fsp3) is 0.688. The Morgan fingerprint density at radius 3 is 2.90 bits per heavy atom. The van der Waals surface area contributed by atoms with E-state index in [2.05, 4.69) is 34.3 Å². The van der Waals surface area contributed by atoms with Gasteiger partial charge in [-0.15, -0.1) is 0 Å². The molecule has 1 N–H and O–H groups in total. The van der Waals surface area contributed by atoms with Gasteiger partial charge >= 0.3 is 0 Å². The first-order valence-corrected chi connectivity index (χ1v) is 7.79. The third-order valence-electron chi connectivity index (χ3n) is 4.53. The van der Waals surface area contributed by atoms with Crippen LogP contribution in [-0.2, 0) is 4.74 Å². The summed E-state index contributed by atoms with van der Waals surface area (Å²) in [5.74, 6) is 1.11. The Labute approximate surface area is 121 Å². The quantitative estimate of drug-likeness (QED) is 0.914. The molecular formula is C16H25N3O. The highest BCUT2D eigenvalue weighted by molar-refractivity contribution is 5.38. The Hall–Kier alpha value is -1.13. The molecule has 0 radical (unpaired) electrons. The molecule has 0 aromatic carbocycles.